The number of rotatable bonds is 3. The van der Waals surface area contributed by atoms with Crippen LogP contribution in [0.15, 0.2) is 60.7 Å². The molecule has 0 spiro atoms. The minimum Gasteiger partial charge on any atom is -0.431 e. The number of carbonyl (C=O) groups is 3. The number of β-lactam (4-membered cyclic amide) rings is 1. The van der Waals surface area contributed by atoms with Crippen molar-refractivity contribution in [1.29, 1.82) is 0 Å². The quantitative estimate of drug-likeness (QED) is 0.749. The first-order valence-electron chi connectivity index (χ1n) is 9.13. The van der Waals surface area contributed by atoms with E-state index in [1.165, 1.54) is 0 Å². The van der Waals surface area contributed by atoms with E-state index in [1.807, 2.05) is 36.4 Å². The van der Waals surface area contributed by atoms with Gasteiger partial charge >= 0.3 is 6.09 Å². The maximum absolute atomic E-state index is 13.3. The number of amides is 3. The van der Waals surface area contributed by atoms with Crippen molar-refractivity contribution < 1.29 is 19.1 Å². The zero-order chi connectivity index (χ0) is 19.5. The van der Waals surface area contributed by atoms with Gasteiger partial charge in [-0.3, -0.25) is 9.59 Å². The lowest BCUT2D eigenvalue weighted by molar-refractivity contribution is -0.178. The number of cyclic esters (lactones) is 1. The Morgan fingerprint density at radius 1 is 1.00 bits per heavy atom. The van der Waals surface area contributed by atoms with E-state index in [4.69, 9.17) is 4.74 Å². The van der Waals surface area contributed by atoms with Gasteiger partial charge in [-0.15, -0.1) is 11.8 Å². The monoisotopic (exact) mass is 394 g/mol. The molecule has 7 heteroatoms. The number of hydrogen-bond donors (Lipinski definition) is 0. The van der Waals surface area contributed by atoms with Gasteiger partial charge in [0.2, 0.25) is 6.10 Å². The molecule has 2 aromatic rings. The second kappa shape index (κ2) is 5.85. The maximum Gasteiger partial charge on any atom is 0.418 e. The van der Waals surface area contributed by atoms with Crippen LogP contribution in [0.1, 0.15) is 24.2 Å². The van der Waals surface area contributed by atoms with Gasteiger partial charge in [0, 0.05) is 17.9 Å². The van der Waals surface area contributed by atoms with Crippen molar-refractivity contribution >= 4 is 29.7 Å². The van der Waals surface area contributed by atoms with Crippen LogP contribution < -0.4 is 0 Å². The maximum atomic E-state index is 13.3. The fourth-order valence-electron chi connectivity index (χ4n) is 4.61. The van der Waals surface area contributed by atoms with E-state index in [-0.39, 0.29) is 5.91 Å². The Balaban J connectivity index is 1.60. The van der Waals surface area contributed by atoms with Gasteiger partial charge in [0.15, 0.2) is 5.54 Å². The van der Waals surface area contributed by atoms with Crippen molar-refractivity contribution in [3.8, 4) is 0 Å². The van der Waals surface area contributed by atoms with Gasteiger partial charge in [-0.25, -0.2) is 9.69 Å². The number of thioether (sulfide) groups is 1. The van der Waals surface area contributed by atoms with Crippen molar-refractivity contribution in [2.24, 2.45) is 0 Å². The minimum absolute atomic E-state index is 0.222. The number of nitrogens with zero attached hydrogens (tertiary/aromatic N) is 2. The zero-order valence-electron chi connectivity index (χ0n) is 15.2. The highest BCUT2D eigenvalue weighted by Crippen LogP contribution is 2.63. The molecule has 3 aliphatic rings. The molecular formula is C21H18N2O4S. The van der Waals surface area contributed by atoms with E-state index in [1.54, 1.807) is 47.9 Å². The molecule has 142 valence electrons. The minimum atomic E-state index is -1.33. The average Bonchev–Trinajstić information content (AvgIpc) is 3.28. The number of benzene rings is 2. The first-order valence-corrected chi connectivity index (χ1v) is 10.1. The normalized spacial score (nSPS) is 31.6. The van der Waals surface area contributed by atoms with Gasteiger partial charge in [0.05, 0.1) is 0 Å². The topological polar surface area (TPSA) is 66.9 Å². The Kier molecular flexibility index (Phi) is 3.61. The van der Waals surface area contributed by atoms with Crippen LogP contribution in [0.4, 0.5) is 4.79 Å². The molecule has 3 aliphatic heterocycles. The Bertz CT molecular complexity index is 982. The number of hydrogen-bond acceptors (Lipinski definition) is 5. The highest BCUT2D eigenvalue weighted by atomic mass is 32.2. The molecule has 5 rings (SSSR count). The smallest absolute Gasteiger partial charge is 0.418 e. The SMILES string of the molecule is C[C@@]1(N2C(=O)OC(c3ccccc3)C2=O)C(=O)N2CCS[C@@]21c1ccccc1. The Morgan fingerprint density at radius 3 is 2.32 bits per heavy atom. The van der Waals surface area contributed by atoms with Crippen LogP contribution in [0.2, 0.25) is 0 Å². The third kappa shape index (κ3) is 1.92. The van der Waals surface area contributed by atoms with Crippen LogP contribution in [0.25, 0.3) is 0 Å². The number of imide groups is 1. The molecule has 0 bridgehead atoms. The van der Waals surface area contributed by atoms with Crippen LogP contribution in [-0.2, 0) is 19.2 Å². The molecule has 0 saturated carbocycles. The van der Waals surface area contributed by atoms with Gasteiger partial charge in [-0.1, -0.05) is 60.7 Å². The van der Waals surface area contributed by atoms with E-state index in [9.17, 15) is 14.4 Å². The molecule has 1 unspecified atom stereocenters. The third-order valence-corrected chi connectivity index (χ3v) is 7.55. The summed E-state index contributed by atoms with van der Waals surface area (Å²) in [4.78, 5) is 41.3. The van der Waals surface area contributed by atoms with Crippen molar-refractivity contribution in [3.05, 3.63) is 71.8 Å². The molecule has 3 saturated heterocycles. The second-order valence-corrected chi connectivity index (χ2v) is 8.52. The highest BCUT2D eigenvalue weighted by Gasteiger charge is 2.77. The van der Waals surface area contributed by atoms with Crippen LogP contribution in [0, 0.1) is 0 Å². The largest absolute Gasteiger partial charge is 0.431 e. The Hall–Kier alpha value is -2.80. The van der Waals surface area contributed by atoms with Crippen molar-refractivity contribution in [2.45, 2.75) is 23.4 Å². The molecule has 6 nitrogen and oxygen atoms in total. The van der Waals surface area contributed by atoms with E-state index in [2.05, 4.69) is 0 Å². The lowest BCUT2D eigenvalue weighted by atomic mass is 9.74. The number of fused-ring (bicyclic) bond motifs is 1. The molecule has 3 fully saturated rings. The van der Waals surface area contributed by atoms with E-state index >= 15 is 0 Å². The summed E-state index contributed by atoms with van der Waals surface area (Å²) in [7, 11) is 0. The van der Waals surface area contributed by atoms with Gasteiger partial charge in [0.25, 0.3) is 11.8 Å². The first kappa shape index (κ1) is 17.3. The lowest BCUT2D eigenvalue weighted by Gasteiger charge is -2.61. The molecule has 0 N–H and O–H groups in total. The molecule has 0 aliphatic carbocycles. The summed E-state index contributed by atoms with van der Waals surface area (Å²) in [6.45, 7) is 2.27. The summed E-state index contributed by atoms with van der Waals surface area (Å²) in [5.41, 5.74) is 0.180. The zero-order valence-corrected chi connectivity index (χ0v) is 16.0. The molecule has 3 atom stereocenters. The molecule has 3 heterocycles. The summed E-state index contributed by atoms with van der Waals surface area (Å²) in [6.07, 6.45) is -1.79. The standard InChI is InChI=1S/C21H18N2O4S/c1-20(23-17(24)16(27-19(23)26)14-8-4-2-5-9-14)18(25)22-12-13-28-21(20,22)15-10-6-3-7-11-15/h2-11,16H,12-13H2,1H3/t16?,20-,21-/m1/s1. The molecule has 28 heavy (non-hydrogen) atoms. The number of ether oxygens (including phenoxy) is 1. The fraction of sp³-hybridized carbons (Fsp3) is 0.286. The summed E-state index contributed by atoms with van der Waals surface area (Å²) < 4.78 is 5.43. The van der Waals surface area contributed by atoms with Crippen LogP contribution in [-0.4, -0.2) is 45.5 Å². The van der Waals surface area contributed by atoms with Crippen LogP contribution in [0.3, 0.4) is 0 Å². The molecule has 0 radical (unpaired) electrons. The molecule has 2 aromatic carbocycles. The van der Waals surface area contributed by atoms with Crippen molar-refractivity contribution in [2.75, 3.05) is 12.3 Å². The van der Waals surface area contributed by atoms with Gasteiger partial charge in [-0.05, 0) is 12.5 Å². The number of carbonyl (C=O) groups excluding carboxylic acids is 3. The first-order chi connectivity index (χ1) is 13.5. The van der Waals surface area contributed by atoms with Gasteiger partial charge < -0.3 is 9.64 Å². The van der Waals surface area contributed by atoms with Crippen molar-refractivity contribution in [1.82, 2.24) is 9.80 Å². The Morgan fingerprint density at radius 2 is 1.64 bits per heavy atom. The second-order valence-electron chi connectivity index (χ2n) is 7.24. The summed E-state index contributed by atoms with van der Waals surface area (Å²) in [5, 5.41) is 0. The summed E-state index contributed by atoms with van der Waals surface area (Å²) in [6, 6.07) is 18.5. The van der Waals surface area contributed by atoms with E-state index < -0.39 is 28.5 Å². The third-order valence-electron chi connectivity index (χ3n) is 5.89. The summed E-state index contributed by atoms with van der Waals surface area (Å²) in [5.74, 6) is 0.0324. The van der Waals surface area contributed by atoms with Crippen molar-refractivity contribution in [3.63, 3.8) is 0 Å². The lowest BCUT2D eigenvalue weighted by Crippen LogP contribution is -2.82. The van der Waals surface area contributed by atoms with E-state index in [0.717, 1.165) is 16.2 Å². The molecular weight excluding hydrogens is 376 g/mol. The highest BCUT2D eigenvalue weighted by molar-refractivity contribution is 8.00. The predicted molar refractivity (Wildman–Crippen MR) is 103 cm³/mol. The van der Waals surface area contributed by atoms with Gasteiger partial charge in [-0.2, -0.15) is 0 Å². The van der Waals surface area contributed by atoms with Gasteiger partial charge in [0.1, 0.15) is 4.87 Å². The predicted octanol–water partition coefficient (Wildman–Crippen LogP) is 2.91. The Labute approximate surface area is 166 Å². The molecule has 3 amide bonds. The van der Waals surface area contributed by atoms with Crippen LogP contribution >= 0.6 is 11.8 Å². The average molecular weight is 394 g/mol. The molecule has 0 aromatic heterocycles. The fourth-order valence-corrected chi connectivity index (χ4v) is 6.27. The summed E-state index contributed by atoms with van der Waals surface area (Å²) >= 11 is 1.59. The van der Waals surface area contributed by atoms with E-state index in [0.29, 0.717) is 12.1 Å². The van der Waals surface area contributed by atoms with Crippen LogP contribution in [0.5, 0.6) is 0 Å².